The molecule has 7 nitrogen and oxygen atoms in total. The van der Waals surface area contributed by atoms with E-state index in [4.69, 9.17) is 5.11 Å². The first-order chi connectivity index (χ1) is 13.9. The molecule has 1 atom stereocenters. The molecule has 0 aliphatic carbocycles. The number of Topliss-reactive ketones (excluding diaryl/α,β-unsaturated/α-hetero) is 1. The average molecular weight is 400 g/mol. The lowest BCUT2D eigenvalue weighted by molar-refractivity contribution is -0.139. The number of aromatic hydroxyl groups is 1. The van der Waals surface area contributed by atoms with Crippen LogP contribution in [-0.2, 0) is 9.59 Å². The van der Waals surface area contributed by atoms with Crippen LogP contribution in [0.5, 0.6) is 5.75 Å². The molecule has 29 heavy (non-hydrogen) atoms. The monoisotopic (exact) mass is 400 g/mol. The number of hydrogen-bond donors (Lipinski definition) is 4. The molecule has 1 aliphatic heterocycles. The minimum atomic E-state index is -0.864. The summed E-state index contributed by atoms with van der Waals surface area (Å²) in [4.78, 5) is 26.7. The molecular formula is C21H21FN2O5. The van der Waals surface area contributed by atoms with E-state index in [1.165, 1.54) is 29.2 Å². The maximum Gasteiger partial charge on any atom is 0.295 e. The van der Waals surface area contributed by atoms with Crippen molar-refractivity contribution in [2.24, 2.45) is 0 Å². The van der Waals surface area contributed by atoms with Crippen LogP contribution in [0.1, 0.15) is 17.2 Å². The summed E-state index contributed by atoms with van der Waals surface area (Å²) < 4.78 is 13.2. The first kappa shape index (κ1) is 20.5. The number of nitrogens with zero attached hydrogens (tertiary/aromatic N) is 1. The largest absolute Gasteiger partial charge is 0.508 e. The fourth-order valence-corrected chi connectivity index (χ4v) is 3.28. The van der Waals surface area contributed by atoms with E-state index in [0.717, 1.165) is 12.1 Å². The van der Waals surface area contributed by atoms with E-state index in [9.17, 15) is 24.2 Å². The fourth-order valence-electron chi connectivity index (χ4n) is 3.28. The highest BCUT2D eigenvalue weighted by molar-refractivity contribution is 6.46. The molecule has 0 saturated carbocycles. The van der Waals surface area contributed by atoms with Gasteiger partial charge in [0.1, 0.15) is 17.3 Å². The van der Waals surface area contributed by atoms with Gasteiger partial charge in [-0.3, -0.25) is 9.59 Å². The SMILES string of the molecule is O=C1C(=O)N(CCNCCO)C(c2ccc(O)cc2)/C1=C(/O)c1ccc(F)cc1. The van der Waals surface area contributed by atoms with Crippen molar-refractivity contribution in [3.05, 3.63) is 71.0 Å². The highest BCUT2D eigenvalue weighted by Gasteiger charge is 2.45. The Morgan fingerprint density at radius 3 is 2.31 bits per heavy atom. The van der Waals surface area contributed by atoms with Gasteiger partial charge >= 0.3 is 0 Å². The predicted octanol–water partition coefficient (Wildman–Crippen LogP) is 1.53. The lowest BCUT2D eigenvalue weighted by Crippen LogP contribution is -2.36. The van der Waals surface area contributed by atoms with Crippen LogP contribution in [0, 0.1) is 5.82 Å². The molecule has 2 aromatic carbocycles. The van der Waals surface area contributed by atoms with Crippen molar-refractivity contribution in [3.8, 4) is 5.75 Å². The number of benzene rings is 2. The number of hydrogen-bond acceptors (Lipinski definition) is 6. The summed E-state index contributed by atoms with van der Waals surface area (Å²) in [5.41, 5.74) is 0.647. The first-order valence-electron chi connectivity index (χ1n) is 9.09. The van der Waals surface area contributed by atoms with Crippen molar-refractivity contribution in [1.82, 2.24) is 10.2 Å². The molecule has 0 radical (unpaired) electrons. The van der Waals surface area contributed by atoms with E-state index in [0.29, 0.717) is 18.7 Å². The quantitative estimate of drug-likeness (QED) is 0.243. The fraction of sp³-hybridized carbons (Fsp3) is 0.238. The molecule has 1 amide bonds. The minimum Gasteiger partial charge on any atom is -0.508 e. The molecule has 0 spiro atoms. The smallest absolute Gasteiger partial charge is 0.295 e. The third kappa shape index (κ3) is 4.28. The van der Waals surface area contributed by atoms with E-state index in [1.807, 2.05) is 0 Å². The number of carbonyl (C=O) groups is 2. The molecule has 8 heteroatoms. The van der Waals surface area contributed by atoms with Crippen molar-refractivity contribution in [3.63, 3.8) is 0 Å². The van der Waals surface area contributed by atoms with Crippen LogP contribution in [0.15, 0.2) is 54.1 Å². The summed E-state index contributed by atoms with van der Waals surface area (Å²) in [5, 5.41) is 32.2. The van der Waals surface area contributed by atoms with Gasteiger partial charge in [0.25, 0.3) is 11.7 Å². The van der Waals surface area contributed by atoms with E-state index >= 15 is 0 Å². The van der Waals surface area contributed by atoms with Crippen molar-refractivity contribution in [2.75, 3.05) is 26.2 Å². The van der Waals surface area contributed by atoms with E-state index < -0.39 is 29.3 Å². The van der Waals surface area contributed by atoms with Gasteiger partial charge in [0.15, 0.2) is 0 Å². The second-order valence-electron chi connectivity index (χ2n) is 6.56. The van der Waals surface area contributed by atoms with Gasteiger partial charge in [-0.15, -0.1) is 0 Å². The summed E-state index contributed by atoms with van der Waals surface area (Å²) in [6.07, 6.45) is 0. The molecule has 0 aromatic heterocycles. The van der Waals surface area contributed by atoms with Gasteiger partial charge in [-0.2, -0.15) is 0 Å². The standard InChI is InChI=1S/C21H21FN2O5/c22-15-5-1-14(2-6-15)19(27)17-18(13-3-7-16(26)8-4-13)24(21(29)20(17)28)11-9-23-10-12-25/h1-8,18,23,25-27H,9-12H2/b19-17-. The molecule has 4 N–H and O–H groups in total. The second kappa shape index (κ2) is 8.85. The zero-order chi connectivity index (χ0) is 21.0. The van der Waals surface area contributed by atoms with Crippen LogP contribution in [0.3, 0.4) is 0 Å². The van der Waals surface area contributed by atoms with Crippen molar-refractivity contribution < 1.29 is 29.3 Å². The van der Waals surface area contributed by atoms with Gasteiger partial charge < -0.3 is 25.5 Å². The highest BCUT2D eigenvalue weighted by Crippen LogP contribution is 2.39. The van der Waals surface area contributed by atoms with Crippen LogP contribution in [-0.4, -0.2) is 58.2 Å². The maximum absolute atomic E-state index is 13.2. The normalized spacial score (nSPS) is 18.4. The van der Waals surface area contributed by atoms with Gasteiger partial charge in [-0.25, -0.2) is 4.39 Å². The molecule has 1 fully saturated rings. The topological polar surface area (TPSA) is 110 Å². The molecular weight excluding hydrogens is 379 g/mol. The zero-order valence-corrected chi connectivity index (χ0v) is 15.5. The third-order valence-corrected chi connectivity index (χ3v) is 4.68. The first-order valence-corrected chi connectivity index (χ1v) is 9.09. The second-order valence-corrected chi connectivity index (χ2v) is 6.56. The van der Waals surface area contributed by atoms with Crippen molar-refractivity contribution >= 4 is 17.4 Å². The number of aliphatic hydroxyl groups is 2. The van der Waals surface area contributed by atoms with Crippen LogP contribution < -0.4 is 5.32 Å². The maximum atomic E-state index is 13.2. The summed E-state index contributed by atoms with van der Waals surface area (Å²) in [5.74, 6) is -2.47. The van der Waals surface area contributed by atoms with E-state index in [1.54, 1.807) is 12.1 Å². The minimum absolute atomic E-state index is 0.0221. The van der Waals surface area contributed by atoms with Crippen molar-refractivity contribution in [1.29, 1.82) is 0 Å². The van der Waals surface area contributed by atoms with Gasteiger partial charge in [0.05, 0.1) is 18.2 Å². The molecule has 1 saturated heterocycles. The summed E-state index contributed by atoms with van der Waals surface area (Å²) in [6, 6.07) is 10.1. The molecule has 3 rings (SSSR count). The molecule has 0 bridgehead atoms. The van der Waals surface area contributed by atoms with Crippen molar-refractivity contribution in [2.45, 2.75) is 6.04 Å². The summed E-state index contributed by atoms with van der Waals surface area (Å²) >= 11 is 0. The predicted molar refractivity (Wildman–Crippen MR) is 103 cm³/mol. The Morgan fingerprint density at radius 1 is 1.03 bits per heavy atom. The molecule has 1 aliphatic rings. The number of halogens is 1. The number of likely N-dealkylation sites (tertiary alicyclic amines) is 1. The van der Waals surface area contributed by atoms with Gasteiger partial charge in [0.2, 0.25) is 0 Å². The van der Waals surface area contributed by atoms with Gasteiger partial charge in [-0.05, 0) is 42.0 Å². The number of ketones is 1. The van der Waals surface area contributed by atoms with Gasteiger partial charge in [0, 0.05) is 25.2 Å². The van der Waals surface area contributed by atoms with E-state index in [2.05, 4.69) is 5.32 Å². The molecule has 2 aromatic rings. The third-order valence-electron chi connectivity index (χ3n) is 4.68. The Kier molecular flexibility index (Phi) is 6.26. The Morgan fingerprint density at radius 2 is 1.69 bits per heavy atom. The van der Waals surface area contributed by atoms with Crippen LogP contribution in [0.4, 0.5) is 4.39 Å². The number of phenols is 1. The summed E-state index contributed by atoms with van der Waals surface area (Å²) in [7, 11) is 0. The highest BCUT2D eigenvalue weighted by atomic mass is 19.1. The molecule has 1 heterocycles. The number of phenolic OH excluding ortho intramolecular Hbond substituents is 1. The zero-order valence-electron chi connectivity index (χ0n) is 15.5. The van der Waals surface area contributed by atoms with Crippen LogP contribution >= 0.6 is 0 Å². The summed E-state index contributed by atoms with van der Waals surface area (Å²) in [6.45, 7) is 0.767. The Bertz CT molecular complexity index is 925. The number of nitrogens with one attached hydrogen (secondary N) is 1. The number of carbonyl (C=O) groups excluding carboxylic acids is 2. The number of aliphatic hydroxyl groups excluding tert-OH is 2. The molecule has 152 valence electrons. The number of amides is 1. The Balaban J connectivity index is 2.05. The van der Waals surface area contributed by atoms with Crippen LogP contribution in [0.25, 0.3) is 5.76 Å². The number of rotatable bonds is 7. The van der Waals surface area contributed by atoms with Gasteiger partial charge in [-0.1, -0.05) is 12.1 Å². The lowest BCUT2D eigenvalue weighted by atomic mass is 9.95. The Hall–Kier alpha value is -3.23. The molecule has 1 unspecified atom stereocenters. The van der Waals surface area contributed by atoms with E-state index in [-0.39, 0.29) is 30.0 Å². The van der Waals surface area contributed by atoms with Crippen LogP contribution in [0.2, 0.25) is 0 Å². The Labute approximate surface area is 166 Å². The lowest BCUT2D eigenvalue weighted by Gasteiger charge is -2.25. The average Bonchev–Trinajstić information content (AvgIpc) is 2.96.